The highest BCUT2D eigenvalue weighted by Crippen LogP contribution is 2.39. The van der Waals surface area contributed by atoms with Gasteiger partial charge in [0.1, 0.15) is 15.4 Å². The number of hydrogen-bond donors (Lipinski definition) is 2. The number of aromatic amines is 1. The predicted octanol–water partition coefficient (Wildman–Crippen LogP) is 4.81. The van der Waals surface area contributed by atoms with Crippen molar-refractivity contribution in [3.8, 4) is 11.3 Å². The van der Waals surface area contributed by atoms with E-state index in [2.05, 4.69) is 15.5 Å². The number of amides is 1. The van der Waals surface area contributed by atoms with E-state index in [0.29, 0.717) is 18.0 Å². The van der Waals surface area contributed by atoms with Crippen molar-refractivity contribution in [2.45, 2.75) is 12.5 Å². The molecule has 2 aromatic heterocycles. The molecule has 30 heavy (non-hydrogen) atoms. The summed E-state index contributed by atoms with van der Waals surface area (Å²) in [7, 11) is 0. The monoisotopic (exact) mass is 503 g/mol. The van der Waals surface area contributed by atoms with Crippen molar-refractivity contribution in [1.29, 1.82) is 0 Å². The minimum Gasteiger partial charge on any atom is -0.755 e. The molecule has 0 bridgehead atoms. The van der Waals surface area contributed by atoms with Crippen LogP contribution in [-0.4, -0.2) is 42.9 Å². The Labute approximate surface area is 194 Å². The summed E-state index contributed by atoms with van der Waals surface area (Å²) in [6.07, 6.45) is 2.18. The smallest absolute Gasteiger partial charge is 0.249 e. The van der Waals surface area contributed by atoms with Gasteiger partial charge in [-0.15, -0.1) is 11.3 Å². The van der Waals surface area contributed by atoms with Crippen molar-refractivity contribution in [2.24, 2.45) is 0 Å². The molecular formula is C18H17Cl2N4O3S3-. The van der Waals surface area contributed by atoms with Gasteiger partial charge in [-0.3, -0.25) is 18.4 Å². The summed E-state index contributed by atoms with van der Waals surface area (Å²) in [5.74, 6) is 0.376. The van der Waals surface area contributed by atoms with E-state index >= 15 is 0 Å². The molecule has 2 unspecified atom stereocenters. The number of halogens is 2. The highest BCUT2D eigenvalue weighted by atomic mass is 35.5. The van der Waals surface area contributed by atoms with Gasteiger partial charge in [-0.2, -0.15) is 16.9 Å². The van der Waals surface area contributed by atoms with E-state index in [1.54, 1.807) is 6.07 Å². The standard InChI is InChI=1S/C18H18Cl2N4O3S3/c1-28-8-7-14(24(30(26)27)16-9-12(19)17(20)29-16)18(25)21-15-10-13(22-23-15)11-5-3-2-4-6-11/h2-6,9-10,14H,7-8H2,1H3,(H,26,27)(H2,21,22,23,25)/p-1. The molecule has 1 aromatic carbocycles. The van der Waals surface area contributed by atoms with Crippen molar-refractivity contribution in [2.75, 3.05) is 21.6 Å². The Morgan fingerprint density at radius 2 is 2.10 bits per heavy atom. The van der Waals surface area contributed by atoms with Crippen LogP contribution in [0.1, 0.15) is 6.42 Å². The Bertz CT molecular complexity index is 1010. The second-order valence-corrected chi connectivity index (χ2v) is 9.92. The van der Waals surface area contributed by atoms with Gasteiger partial charge in [0.25, 0.3) is 0 Å². The van der Waals surface area contributed by atoms with Crippen LogP contribution < -0.4 is 9.62 Å². The van der Waals surface area contributed by atoms with Gasteiger partial charge in [-0.1, -0.05) is 53.5 Å². The number of aromatic nitrogens is 2. The first kappa shape index (κ1) is 23.1. The van der Waals surface area contributed by atoms with E-state index in [0.717, 1.165) is 26.9 Å². The molecule has 3 rings (SSSR count). The lowest BCUT2D eigenvalue weighted by Gasteiger charge is -2.32. The topological polar surface area (TPSA) is 101 Å². The number of thiophene rings is 1. The van der Waals surface area contributed by atoms with Crippen LogP contribution in [0.4, 0.5) is 10.8 Å². The van der Waals surface area contributed by atoms with Crippen LogP contribution in [0.2, 0.25) is 9.36 Å². The molecule has 0 spiro atoms. The van der Waals surface area contributed by atoms with Crippen molar-refractivity contribution in [3.05, 3.63) is 51.8 Å². The minimum absolute atomic E-state index is 0.232. The maximum absolute atomic E-state index is 13.0. The van der Waals surface area contributed by atoms with E-state index in [9.17, 15) is 13.6 Å². The van der Waals surface area contributed by atoms with E-state index in [1.807, 2.05) is 36.6 Å². The zero-order valence-corrected chi connectivity index (χ0v) is 19.6. The van der Waals surface area contributed by atoms with Gasteiger partial charge in [0, 0.05) is 17.3 Å². The molecule has 160 valence electrons. The van der Waals surface area contributed by atoms with Crippen molar-refractivity contribution in [1.82, 2.24) is 10.2 Å². The Morgan fingerprint density at radius 3 is 2.70 bits per heavy atom. The summed E-state index contributed by atoms with van der Waals surface area (Å²) in [5, 5.41) is 10.2. The third-order valence-electron chi connectivity index (χ3n) is 4.11. The van der Waals surface area contributed by atoms with Crippen LogP contribution in [0, 0.1) is 0 Å². The molecule has 3 aromatic rings. The van der Waals surface area contributed by atoms with E-state index in [4.69, 9.17) is 23.2 Å². The molecule has 1 amide bonds. The number of nitrogens with zero attached hydrogens (tertiary/aromatic N) is 2. The minimum atomic E-state index is -2.71. The number of thioether (sulfide) groups is 1. The number of anilines is 2. The maximum Gasteiger partial charge on any atom is 0.249 e. The predicted molar refractivity (Wildman–Crippen MR) is 125 cm³/mol. The normalized spacial score (nSPS) is 13.1. The lowest BCUT2D eigenvalue weighted by molar-refractivity contribution is -0.117. The lowest BCUT2D eigenvalue weighted by atomic mass is 10.1. The Kier molecular flexibility index (Phi) is 8.20. The molecule has 0 radical (unpaired) electrons. The average molecular weight is 504 g/mol. The molecule has 12 heteroatoms. The zero-order valence-electron chi connectivity index (χ0n) is 15.6. The number of hydrogen-bond acceptors (Lipinski definition) is 6. The molecule has 0 aliphatic carbocycles. The molecule has 0 aliphatic heterocycles. The van der Waals surface area contributed by atoms with Gasteiger partial charge < -0.3 is 9.87 Å². The third kappa shape index (κ3) is 5.57. The summed E-state index contributed by atoms with van der Waals surface area (Å²) < 4.78 is 25.3. The fourth-order valence-corrected chi connectivity index (χ4v) is 5.39. The van der Waals surface area contributed by atoms with Gasteiger partial charge >= 0.3 is 0 Å². The van der Waals surface area contributed by atoms with Crippen LogP contribution in [0.15, 0.2) is 42.5 Å². The number of benzene rings is 1. The summed E-state index contributed by atoms with van der Waals surface area (Å²) in [6, 6.07) is 11.7. The highest BCUT2D eigenvalue weighted by molar-refractivity contribution is 7.98. The third-order valence-corrected chi connectivity index (χ3v) is 7.50. The van der Waals surface area contributed by atoms with Crippen LogP contribution in [0.3, 0.4) is 0 Å². The van der Waals surface area contributed by atoms with Gasteiger partial charge in [0.15, 0.2) is 5.82 Å². The fraction of sp³-hybridized carbons (Fsp3) is 0.222. The van der Waals surface area contributed by atoms with Gasteiger partial charge in [-0.05, 0) is 30.1 Å². The van der Waals surface area contributed by atoms with Crippen molar-refractivity contribution in [3.63, 3.8) is 0 Å². The van der Waals surface area contributed by atoms with Gasteiger partial charge in [0.05, 0.1) is 10.7 Å². The number of rotatable bonds is 9. The molecule has 2 heterocycles. The molecule has 0 aliphatic rings. The van der Waals surface area contributed by atoms with Gasteiger partial charge in [-0.25, -0.2) is 0 Å². The SMILES string of the molecule is CSCCC(C(=O)Nc1cc(-c2ccccc2)[nH]n1)N(c1cc(Cl)c(Cl)s1)S(=O)[O-]. The molecular weight excluding hydrogens is 487 g/mol. The lowest BCUT2D eigenvalue weighted by Crippen LogP contribution is -2.45. The van der Waals surface area contributed by atoms with Crippen LogP contribution in [0.5, 0.6) is 0 Å². The molecule has 0 saturated carbocycles. The second kappa shape index (κ2) is 10.7. The highest BCUT2D eigenvalue weighted by Gasteiger charge is 2.29. The molecule has 2 atom stereocenters. The molecule has 0 fully saturated rings. The number of carbonyl (C=O) groups is 1. The first-order chi connectivity index (χ1) is 14.4. The molecule has 2 N–H and O–H groups in total. The Hall–Kier alpha value is -1.56. The summed E-state index contributed by atoms with van der Waals surface area (Å²) >= 11 is 11.8. The van der Waals surface area contributed by atoms with Crippen LogP contribution in [0.25, 0.3) is 11.3 Å². The fourth-order valence-electron chi connectivity index (χ4n) is 2.72. The summed E-state index contributed by atoms with van der Waals surface area (Å²) in [6.45, 7) is 0. The van der Waals surface area contributed by atoms with Gasteiger partial charge in [0.2, 0.25) is 5.91 Å². The van der Waals surface area contributed by atoms with Crippen LogP contribution >= 0.6 is 46.3 Å². The molecule has 0 saturated heterocycles. The number of carbonyl (C=O) groups excluding carboxylic acids is 1. The first-order valence-corrected chi connectivity index (χ1v) is 12.6. The second-order valence-electron chi connectivity index (χ2n) is 6.07. The quantitative estimate of drug-likeness (QED) is 0.408. The largest absolute Gasteiger partial charge is 0.755 e. The van der Waals surface area contributed by atoms with Crippen molar-refractivity contribution < 1.29 is 13.6 Å². The zero-order chi connectivity index (χ0) is 21.7. The number of nitrogens with one attached hydrogen (secondary N) is 2. The van der Waals surface area contributed by atoms with E-state index in [1.165, 1.54) is 17.8 Å². The Balaban J connectivity index is 1.84. The average Bonchev–Trinajstić information content (AvgIpc) is 3.31. The van der Waals surface area contributed by atoms with E-state index < -0.39 is 23.2 Å². The van der Waals surface area contributed by atoms with Crippen molar-refractivity contribution >= 4 is 74.3 Å². The molecule has 7 nitrogen and oxygen atoms in total. The van der Waals surface area contributed by atoms with Crippen LogP contribution in [-0.2, 0) is 16.1 Å². The summed E-state index contributed by atoms with van der Waals surface area (Å²) in [5.41, 5.74) is 1.64. The first-order valence-electron chi connectivity index (χ1n) is 8.64. The Morgan fingerprint density at radius 1 is 1.37 bits per heavy atom. The maximum atomic E-state index is 13.0. The number of H-pyrrole nitrogens is 1. The van der Waals surface area contributed by atoms with E-state index in [-0.39, 0.29) is 14.4 Å². The summed E-state index contributed by atoms with van der Waals surface area (Å²) in [4.78, 5) is 13.0.